The highest BCUT2D eigenvalue weighted by atomic mass is 16.2. The lowest BCUT2D eigenvalue weighted by atomic mass is 10.0. The highest BCUT2D eigenvalue weighted by Crippen LogP contribution is 2.24. The lowest BCUT2D eigenvalue weighted by Crippen LogP contribution is -2.33. The lowest BCUT2D eigenvalue weighted by Gasteiger charge is -2.21. The molecule has 39 heavy (non-hydrogen) atoms. The molecular weight excluding hydrogens is 492 g/mol. The standard InChI is InChI=1S/C30H26N6O3/c1-19(34-29(38)26-20(2)33-18-35-16-15-32-28(26)35)25-17-23-10-7-9-22(11-8-14-31-21(3)37)27(23)30(39)36(25)24-12-5-4-6-13-24/h4-7,9-10,12-13,15-19H,14H2,1-3H3,(H,31,37)(H,34,38)/t19-/m1/s1. The van der Waals surface area contributed by atoms with Crippen molar-refractivity contribution >= 4 is 28.2 Å². The molecular formula is C30H26N6O3. The Morgan fingerprint density at radius 1 is 1.08 bits per heavy atom. The Labute approximate surface area is 224 Å². The van der Waals surface area contributed by atoms with Crippen LogP contribution in [0.15, 0.2) is 78.1 Å². The molecule has 9 nitrogen and oxygen atoms in total. The number of hydrogen-bond donors (Lipinski definition) is 2. The zero-order chi connectivity index (χ0) is 27.5. The van der Waals surface area contributed by atoms with Crippen molar-refractivity contribution in [2.75, 3.05) is 6.54 Å². The van der Waals surface area contributed by atoms with Crippen molar-refractivity contribution in [3.8, 4) is 17.5 Å². The van der Waals surface area contributed by atoms with Gasteiger partial charge in [-0.25, -0.2) is 9.97 Å². The molecule has 0 aliphatic carbocycles. The summed E-state index contributed by atoms with van der Waals surface area (Å²) in [5.41, 5.74) is 3.01. The van der Waals surface area contributed by atoms with Crippen molar-refractivity contribution in [3.63, 3.8) is 0 Å². The molecule has 5 aromatic rings. The summed E-state index contributed by atoms with van der Waals surface area (Å²) in [6.07, 6.45) is 4.96. The SMILES string of the molecule is CC(=O)NCC#Cc1cccc2cc([C@@H](C)NC(=O)c3c(C)ncn4ccnc34)n(-c3ccccc3)c(=O)c12. The molecule has 2 N–H and O–H groups in total. The summed E-state index contributed by atoms with van der Waals surface area (Å²) in [7, 11) is 0. The minimum atomic E-state index is -0.543. The summed E-state index contributed by atoms with van der Waals surface area (Å²) >= 11 is 0. The smallest absolute Gasteiger partial charge is 0.264 e. The number of hydrogen-bond acceptors (Lipinski definition) is 5. The van der Waals surface area contributed by atoms with Crippen molar-refractivity contribution in [2.24, 2.45) is 0 Å². The van der Waals surface area contributed by atoms with Crippen molar-refractivity contribution in [3.05, 3.63) is 106 Å². The van der Waals surface area contributed by atoms with Gasteiger partial charge in [-0.2, -0.15) is 0 Å². The third kappa shape index (κ3) is 5.00. The van der Waals surface area contributed by atoms with E-state index in [1.807, 2.05) is 55.5 Å². The number of pyridine rings is 1. The molecule has 1 atom stereocenters. The molecule has 5 rings (SSSR count). The van der Waals surface area contributed by atoms with E-state index in [0.29, 0.717) is 44.6 Å². The molecule has 0 saturated heterocycles. The third-order valence-corrected chi connectivity index (χ3v) is 6.39. The van der Waals surface area contributed by atoms with Crippen LogP contribution in [0.3, 0.4) is 0 Å². The Bertz CT molecular complexity index is 1840. The number of nitrogens with zero attached hydrogens (tertiary/aromatic N) is 4. The summed E-state index contributed by atoms with van der Waals surface area (Å²) in [4.78, 5) is 47.4. The summed E-state index contributed by atoms with van der Waals surface area (Å²) in [5, 5.41) is 6.84. The first-order valence-corrected chi connectivity index (χ1v) is 12.4. The zero-order valence-corrected chi connectivity index (χ0v) is 21.7. The molecule has 0 aliphatic rings. The third-order valence-electron chi connectivity index (χ3n) is 6.39. The van der Waals surface area contributed by atoms with Crippen LogP contribution in [-0.2, 0) is 4.79 Å². The van der Waals surface area contributed by atoms with Crippen LogP contribution in [0.25, 0.3) is 22.1 Å². The molecule has 0 radical (unpaired) electrons. The van der Waals surface area contributed by atoms with E-state index in [-0.39, 0.29) is 23.9 Å². The van der Waals surface area contributed by atoms with Gasteiger partial charge in [0.25, 0.3) is 11.5 Å². The molecule has 0 fully saturated rings. The molecule has 0 aliphatic heterocycles. The first kappa shape index (κ1) is 25.4. The Kier molecular flexibility index (Phi) is 6.93. The maximum atomic E-state index is 14.1. The molecule has 0 saturated carbocycles. The van der Waals surface area contributed by atoms with Crippen molar-refractivity contribution in [1.29, 1.82) is 0 Å². The van der Waals surface area contributed by atoms with Crippen LogP contribution in [0.2, 0.25) is 0 Å². The summed E-state index contributed by atoms with van der Waals surface area (Å²) in [5.74, 6) is 5.42. The van der Waals surface area contributed by atoms with Gasteiger partial charge in [-0.05, 0) is 43.5 Å². The highest BCUT2D eigenvalue weighted by Gasteiger charge is 2.22. The quantitative estimate of drug-likeness (QED) is 0.347. The second-order valence-electron chi connectivity index (χ2n) is 9.08. The van der Waals surface area contributed by atoms with Gasteiger partial charge in [-0.15, -0.1) is 0 Å². The number of amides is 2. The van der Waals surface area contributed by atoms with Crippen molar-refractivity contribution in [1.82, 2.24) is 29.6 Å². The number of para-hydroxylation sites is 1. The molecule has 194 valence electrons. The van der Waals surface area contributed by atoms with Gasteiger partial charge >= 0.3 is 0 Å². The average Bonchev–Trinajstić information content (AvgIpc) is 3.39. The molecule has 3 heterocycles. The molecule has 2 aromatic carbocycles. The molecule has 9 heteroatoms. The maximum Gasteiger partial charge on any atom is 0.264 e. The zero-order valence-electron chi connectivity index (χ0n) is 21.7. The molecule has 0 unspecified atom stereocenters. The predicted octanol–water partition coefficient (Wildman–Crippen LogP) is 3.32. The number of carbonyl (C=O) groups excluding carboxylic acids is 2. The first-order valence-electron chi connectivity index (χ1n) is 12.4. The van der Waals surface area contributed by atoms with E-state index in [9.17, 15) is 14.4 Å². The number of benzene rings is 2. The number of rotatable bonds is 5. The lowest BCUT2D eigenvalue weighted by molar-refractivity contribution is -0.118. The number of imidazole rings is 1. The van der Waals surface area contributed by atoms with Gasteiger partial charge in [0.2, 0.25) is 5.91 Å². The topological polar surface area (TPSA) is 110 Å². The number of aromatic nitrogens is 4. The Morgan fingerprint density at radius 2 is 1.87 bits per heavy atom. The van der Waals surface area contributed by atoms with Crippen LogP contribution in [0.5, 0.6) is 0 Å². The fraction of sp³-hybridized carbons (Fsp3) is 0.167. The summed E-state index contributed by atoms with van der Waals surface area (Å²) in [6.45, 7) is 5.20. The van der Waals surface area contributed by atoms with Gasteiger partial charge in [0.05, 0.1) is 23.7 Å². The van der Waals surface area contributed by atoms with Gasteiger partial charge in [0.15, 0.2) is 5.65 Å². The summed E-state index contributed by atoms with van der Waals surface area (Å²) < 4.78 is 3.30. The normalized spacial score (nSPS) is 11.6. The van der Waals surface area contributed by atoms with Crippen LogP contribution in [0.1, 0.15) is 47.2 Å². The second-order valence-corrected chi connectivity index (χ2v) is 9.08. The Balaban J connectivity index is 1.62. The number of fused-ring (bicyclic) bond motifs is 2. The van der Waals surface area contributed by atoms with E-state index >= 15 is 0 Å². The fourth-order valence-corrected chi connectivity index (χ4v) is 4.54. The van der Waals surface area contributed by atoms with Crippen LogP contribution >= 0.6 is 0 Å². The molecule has 3 aromatic heterocycles. The van der Waals surface area contributed by atoms with Crippen LogP contribution in [-0.4, -0.2) is 37.3 Å². The fourth-order valence-electron chi connectivity index (χ4n) is 4.54. The maximum absolute atomic E-state index is 14.1. The molecule has 2 amide bonds. The van der Waals surface area contributed by atoms with Gasteiger partial charge in [0, 0.05) is 36.3 Å². The highest BCUT2D eigenvalue weighted by molar-refractivity contribution is 6.01. The van der Waals surface area contributed by atoms with Gasteiger partial charge in [-0.1, -0.05) is 42.2 Å². The van der Waals surface area contributed by atoms with E-state index in [4.69, 9.17) is 0 Å². The van der Waals surface area contributed by atoms with E-state index in [2.05, 4.69) is 32.4 Å². The van der Waals surface area contributed by atoms with E-state index in [1.54, 1.807) is 40.7 Å². The van der Waals surface area contributed by atoms with Gasteiger partial charge in [-0.3, -0.25) is 23.4 Å². The van der Waals surface area contributed by atoms with Gasteiger partial charge in [0.1, 0.15) is 11.9 Å². The minimum Gasteiger partial charge on any atom is -0.345 e. The predicted molar refractivity (Wildman–Crippen MR) is 149 cm³/mol. The Hall–Kier alpha value is -5.23. The van der Waals surface area contributed by atoms with Crippen molar-refractivity contribution < 1.29 is 9.59 Å². The molecule has 0 bridgehead atoms. The number of nitrogens with one attached hydrogen (secondary N) is 2. The van der Waals surface area contributed by atoms with Gasteiger partial charge < -0.3 is 10.6 Å². The summed E-state index contributed by atoms with van der Waals surface area (Å²) in [6, 6.07) is 16.1. The molecule has 0 spiro atoms. The number of aryl methyl sites for hydroxylation is 1. The van der Waals surface area contributed by atoms with E-state index in [1.165, 1.54) is 6.92 Å². The average molecular weight is 519 g/mol. The largest absolute Gasteiger partial charge is 0.345 e. The minimum absolute atomic E-state index is 0.177. The van der Waals surface area contributed by atoms with Crippen molar-refractivity contribution in [2.45, 2.75) is 26.8 Å². The van der Waals surface area contributed by atoms with E-state index < -0.39 is 6.04 Å². The number of carbonyl (C=O) groups is 2. The first-order chi connectivity index (χ1) is 18.8. The second kappa shape index (κ2) is 10.6. The van der Waals surface area contributed by atoms with E-state index in [0.717, 1.165) is 0 Å². The monoisotopic (exact) mass is 518 g/mol. The van der Waals surface area contributed by atoms with Crippen LogP contribution in [0, 0.1) is 18.8 Å². The Morgan fingerprint density at radius 3 is 2.64 bits per heavy atom. The van der Waals surface area contributed by atoms with Crippen LogP contribution in [0.4, 0.5) is 0 Å². The van der Waals surface area contributed by atoms with Crippen LogP contribution < -0.4 is 16.2 Å².